The maximum Gasteiger partial charge on any atom is 0.237 e. The summed E-state index contributed by atoms with van der Waals surface area (Å²) < 4.78 is 14.6. The molecule has 0 radical (unpaired) electrons. The van der Waals surface area contributed by atoms with E-state index >= 15 is 0 Å². The topological polar surface area (TPSA) is 105 Å². The maximum atomic E-state index is 12.4. The fourth-order valence-electron chi connectivity index (χ4n) is 3.43. The van der Waals surface area contributed by atoms with Crippen molar-refractivity contribution in [2.24, 2.45) is 5.41 Å². The van der Waals surface area contributed by atoms with E-state index in [1.807, 2.05) is 121 Å². The number of carbonyl (C=O) groups excluding carboxylic acids is 4. The summed E-state index contributed by atoms with van der Waals surface area (Å²) in [7, 11) is 10.6. The van der Waals surface area contributed by atoms with Crippen molar-refractivity contribution in [3.63, 3.8) is 0 Å². The monoisotopic (exact) mass is 558 g/mol. The van der Waals surface area contributed by atoms with Crippen LogP contribution in [0.3, 0.4) is 0 Å². The number of nitrogens with zero attached hydrogens (tertiary/aromatic N) is 4. The Morgan fingerprint density at radius 3 is 1.18 bits per heavy atom. The van der Waals surface area contributed by atoms with Crippen molar-refractivity contribution in [1.29, 1.82) is 0 Å². The summed E-state index contributed by atoms with van der Waals surface area (Å²) in [5.74, 6) is -0.160. The first kappa shape index (κ1) is 34.8. The molecule has 230 valence electrons. The highest BCUT2D eigenvalue weighted by Crippen LogP contribution is 2.43. The van der Waals surface area contributed by atoms with Gasteiger partial charge in [-0.15, -0.1) is 0 Å². The van der Waals surface area contributed by atoms with Crippen LogP contribution in [0, 0.1) is 5.41 Å². The van der Waals surface area contributed by atoms with Crippen LogP contribution in [0.1, 0.15) is 85.8 Å². The summed E-state index contributed by atoms with van der Waals surface area (Å²) in [6.07, 6.45) is -1.50. The molecule has 0 saturated heterocycles. The van der Waals surface area contributed by atoms with Gasteiger partial charge in [0.15, 0.2) is 0 Å². The summed E-state index contributed by atoms with van der Waals surface area (Å²) in [4.78, 5) is 53.7. The molecule has 2 N–H and O–H groups in total. The fraction of sp³-hybridized carbons (Fsp3) is 0.862. The van der Waals surface area contributed by atoms with Gasteiger partial charge in [0.2, 0.25) is 24.6 Å². The second kappa shape index (κ2) is 13.9. The zero-order valence-corrected chi connectivity index (χ0v) is 28.1. The molecule has 0 aromatic carbocycles. The molecule has 0 saturated carbocycles. The molecule has 0 aliphatic heterocycles. The van der Waals surface area contributed by atoms with Gasteiger partial charge in [-0.3, -0.25) is 29.0 Å². The Labute approximate surface area is 242 Å². The van der Waals surface area contributed by atoms with E-state index in [1.165, 1.54) is 9.80 Å². The summed E-state index contributed by atoms with van der Waals surface area (Å²) >= 11 is 0. The number of carbonyl (C=O) groups is 4. The van der Waals surface area contributed by atoms with Crippen LogP contribution in [-0.2, 0) is 19.2 Å². The Kier molecular flexibility index (Phi) is 12.4. The third-order valence-electron chi connectivity index (χ3n) is 9.75. The Bertz CT molecular complexity index is 932. The predicted octanol–water partition coefficient (Wildman–Crippen LogP) is 2.42. The number of hydrogen-bond acceptors (Lipinski definition) is 6. The first-order valence-corrected chi connectivity index (χ1v) is 13.4. The lowest BCUT2D eigenvalue weighted by Gasteiger charge is -2.55. The van der Waals surface area contributed by atoms with E-state index in [0.29, 0.717) is 0 Å². The molecule has 10 nitrogen and oxygen atoms in total. The number of nitrogens with one attached hydrogen (secondary N) is 2. The molecule has 0 bridgehead atoms. The van der Waals surface area contributed by atoms with Crippen molar-refractivity contribution in [3.05, 3.63) is 0 Å². The number of likely N-dealkylation sites (N-methyl/N-ethyl adjacent to an activating group) is 3. The molecule has 2 atom stereocenters. The Morgan fingerprint density at radius 2 is 0.897 bits per heavy atom. The lowest BCUT2D eigenvalue weighted by Crippen LogP contribution is -2.66. The van der Waals surface area contributed by atoms with Crippen molar-refractivity contribution < 1.29 is 21.9 Å². The molecule has 39 heavy (non-hydrogen) atoms. The van der Waals surface area contributed by atoms with Crippen LogP contribution < -0.4 is 10.6 Å². The van der Waals surface area contributed by atoms with Crippen LogP contribution in [-0.4, -0.2) is 121 Å². The van der Waals surface area contributed by atoms with E-state index in [-0.39, 0.29) is 23.9 Å². The Morgan fingerprint density at radius 1 is 0.615 bits per heavy atom. The summed E-state index contributed by atoms with van der Waals surface area (Å²) in [5, 5.41) is 6.05. The highest BCUT2D eigenvalue weighted by Gasteiger charge is 2.51. The molecule has 0 aliphatic rings. The molecule has 10 heteroatoms. The van der Waals surface area contributed by atoms with Crippen LogP contribution in [0.15, 0.2) is 0 Å². The number of hydrogen-bond donors (Lipinski definition) is 2. The van der Waals surface area contributed by atoms with Gasteiger partial charge in [0.05, 0.1) is 23.2 Å². The minimum absolute atomic E-state index is 0.0567. The fourth-order valence-corrected chi connectivity index (χ4v) is 3.43. The van der Waals surface area contributed by atoms with E-state index in [1.54, 1.807) is 14.1 Å². The van der Waals surface area contributed by atoms with Gasteiger partial charge in [-0.1, -0.05) is 13.8 Å². The van der Waals surface area contributed by atoms with Gasteiger partial charge in [-0.25, -0.2) is 0 Å². The van der Waals surface area contributed by atoms with E-state index in [2.05, 4.69) is 10.6 Å². The number of amides is 4. The molecule has 0 aliphatic carbocycles. The van der Waals surface area contributed by atoms with E-state index < -0.39 is 40.3 Å². The molecule has 0 heterocycles. The molecular weight excluding hydrogens is 496 g/mol. The van der Waals surface area contributed by atoms with E-state index in [4.69, 9.17) is 2.74 Å². The largest absolute Gasteiger partial charge is 0.349 e. The average Bonchev–Trinajstić information content (AvgIpc) is 2.80. The van der Waals surface area contributed by atoms with Crippen molar-refractivity contribution in [3.8, 4) is 0 Å². The van der Waals surface area contributed by atoms with Crippen LogP contribution in [0.5, 0.6) is 0 Å². The summed E-state index contributed by atoms with van der Waals surface area (Å²) in [6, 6.07) is -0.499. The van der Waals surface area contributed by atoms with E-state index in [9.17, 15) is 19.2 Å². The Hall–Kier alpha value is -2.20. The van der Waals surface area contributed by atoms with Crippen LogP contribution in [0.4, 0.5) is 0 Å². The second-order valence-corrected chi connectivity index (χ2v) is 13.6. The molecule has 4 amide bonds. The molecule has 0 spiro atoms. The van der Waals surface area contributed by atoms with Gasteiger partial charge in [0, 0.05) is 30.6 Å². The SMILES string of the molecule is [2H]C(=O)N(C)C(C)(C)C(C)(C)C(C)(C)NC(=O)C(C)N(C)C.[2H]C(=O)N(C)C(C)(C)C(C)(C)NC(=O)C(C)N(C)C. The maximum absolute atomic E-state index is 12.4. The normalized spacial score (nSPS) is 15.3. The van der Waals surface area contributed by atoms with Crippen LogP contribution in [0.2, 0.25) is 0 Å². The molecular formula is C29H60N6O4. The Balaban J connectivity index is 0. The standard InChI is InChI=1S/C16H33N3O2.C13H27N3O2/c1-12(18(8)9)13(21)17-15(4,5)14(2,3)16(6,7)19(10)11-20;1-10(15(6)7)11(18)14-12(2,3)13(4,5)16(8)9-17/h11-12H,1-10H3,(H,17,21);9-10H,1-8H3,(H,14,18)/i11D;9D. The van der Waals surface area contributed by atoms with Gasteiger partial charge in [0.25, 0.3) is 0 Å². The van der Waals surface area contributed by atoms with Gasteiger partial charge >= 0.3 is 0 Å². The lowest BCUT2D eigenvalue weighted by molar-refractivity contribution is -0.133. The van der Waals surface area contributed by atoms with Crippen molar-refractivity contribution in [2.45, 2.75) is 117 Å². The first-order chi connectivity index (χ1) is 17.9. The van der Waals surface area contributed by atoms with Crippen molar-refractivity contribution in [1.82, 2.24) is 30.2 Å². The van der Waals surface area contributed by atoms with Crippen molar-refractivity contribution in [2.75, 3.05) is 42.3 Å². The highest BCUT2D eigenvalue weighted by atomic mass is 16.2. The number of rotatable bonds is 11. The van der Waals surface area contributed by atoms with Crippen molar-refractivity contribution >= 4 is 24.6 Å². The second-order valence-electron chi connectivity index (χ2n) is 13.6. The van der Waals surface area contributed by atoms with Crippen LogP contribution >= 0.6 is 0 Å². The van der Waals surface area contributed by atoms with Gasteiger partial charge in [-0.05, 0) is 97.4 Å². The summed E-state index contributed by atoms with van der Waals surface area (Å²) in [6.45, 7) is 22.8. The van der Waals surface area contributed by atoms with E-state index in [0.717, 1.165) is 0 Å². The van der Waals surface area contributed by atoms with Crippen LogP contribution in [0.25, 0.3) is 0 Å². The smallest absolute Gasteiger partial charge is 0.237 e. The quantitative estimate of drug-likeness (QED) is 0.378. The molecule has 0 aromatic rings. The van der Waals surface area contributed by atoms with Gasteiger partial charge in [0.1, 0.15) is 2.74 Å². The lowest BCUT2D eigenvalue weighted by atomic mass is 9.62. The third-order valence-corrected chi connectivity index (χ3v) is 9.75. The third kappa shape index (κ3) is 9.17. The highest BCUT2D eigenvalue weighted by molar-refractivity contribution is 5.82. The van der Waals surface area contributed by atoms with Gasteiger partial charge < -0.3 is 20.4 Å². The summed E-state index contributed by atoms with van der Waals surface area (Å²) in [5.41, 5.74) is -2.97. The zero-order chi connectivity index (χ0) is 33.7. The minimum atomic E-state index is -0.770. The zero-order valence-electron chi connectivity index (χ0n) is 30.1. The molecule has 2 unspecified atom stereocenters. The first-order valence-electron chi connectivity index (χ1n) is 14.4. The molecule has 0 aromatic heterocycles. The molecule has 0 rings (SSSR count). The van der Waals surface area contributed by atoms with Gasteiger partial charge in [-0.2, -0.15) is 0 Å². The average molecular weight is 559 g/mol. The molecule has 0 fully saturated rings. The predicted molar refractivity (Wildman–Crippen MR) is 160 cm³/mol. The minimum Gasteiger partial charge on any atom is -0.349 e.